The molecule has 0 bridgehead atoms. The number of rotatable bonds is 4. The first kappa shape index (κ1) is 19.4. The topological polar surface area (TPSA) is 43.9 Å². The first-order valence-corrected chi connectivity index (χ1v) is 10.9. The number of carbonyl (C=O) groups is 2. The zero-order chi connectivity index (χ0) is 19.7. The van der Waals surface area contributed by atoms with E-state index in [9.17, 15) is 9.59 Å². The van der Waals surface area contributed by atoms with Crippen LogP contribution in [0.25, 0.3) is 0 Å². The maximum absolute atomic E-state index is 12.9. The van der Waals surface area contributed by atoms with Crippen molar-refractivity contribution in [3.8, 4) is 0 Å². The molecule has 5 nitrogen and oxygen atoms in total. The summed E-state index contributed by atoms with van der Waals surface area (Å²) in [5.74, 6) is 0.735. The van der Waals surface area contributed by atoms with Gasteiger partial charge in [0, 0.05) is 50.9 Å². The third-order valence-electron chi connectivity index (χ3n) is 6.78. The van der Waals surface area contributed by atoms with E-state index in [1.165, 1.54) is 24.8 Å². The maximum atomic E-state index is 12.9. The molecule has 0 aromatic heterocycles. The summed E-state index contributed by atoms with van der Waals surface area (Å²) in [4.78, 5) is 32.0. The zero-order valence-electron chi connectivity index (χ0n) is 17.3. The quantitative estimate of drug-likeness (QED) is 0.803. The van der Waals surface area contributed by atoms with E-state index in [0.717, 1.165) is 44.2 Å². The van der Waals surface area contributed by atoms with Gasteiger partial charge in [0.2, 0.25) is 5.91 Å². The molecule has 1 aromatic carbocycles. The lowest BCUT2D eigenvalue weighted by Gasteiger charge is -2.40. The Labute approximate surface area is 168 Å². The lowest BCUT2D eigenvalue weighted by molar-refractivity contribution is -0.139. The van der Waals surface area contributed by atoms with E-state index in [-0.39, 0.29) is 17.7 Å². The van der Waals surface area contributed by atoms with Crippen molar-refractivity contribution in [2.24, 2.45) is 5.92 Å². The lowest BCUT2D eigenvalue weighted by atomic mass is 9.91. The molecule has 0 radical (unpaired) electrons. The largest absolute Gasteiger partial charge is 0.341 e. The number of likely N-dealkylation sites (tertiary alicyclic amines) is 1. The van der Waals surface area contributed by atoms with E-state index in [1.807, 2.05) is 34.1 Å². The van der Waals surface area contributed by atoms with Gasteiger partial charge in [0.15, 0.2) is 0 Å². The zero-order valence-corrected chi connectivity index (χ0v) is 17.3. The van der Waals surface area contributed by atoms with Gasteiger partial charge in [-0.1, -0.05) is 32.4 Å². The Morgan fingerprint density at radius 1 is 0.893 bits per heavy atom. The smallest absolute Gasteiger partial charge is 0.253 e. The SMILES string of the molecule is CC(C)c1ccc(C(=O)N2CC(C(=O)N3CCCN(C4CCC4)CC3)C2)cc1. The van der Waals surface area contributed by atoms with E-state index in [1.54, 1.807) is 0 Å². The van der Waals surface area contributed by atoms with Gasteiger partial charge in [-0.3, -0.25) is 14.5 Å². The Bertz CT molecular complexity index is 705. The predicted molar refractivity (Wildman–Crippen MR) is 110 cm³/mol. The first-order valence-electron chi connectivity index (χ1n) is 10.9. The minimum Gasteiger partial charge on any atom is -0.341 e. The van der Waals surface area contributed by atoms with Crippen LogP contribution in [0, 0.1) is 5.92 Å². The van der Waals surface area contributed by atoms with Gasteiger partial charge in [-0.15, -0.1) is 0 Å². The monoisotopic (exact) mass is 383 g/mol. The van der Waals surface area contributed by atoms with Crippen LogP contribution < -0.4 is 0 Å². The molecule has 0 atom stereocenters. The second kappa shape index (κ2) is 8.24. The molecule has 2 saturated heterocycles. The van der Waals surface area contributed by atoms with E-state index in [4.69, 9.17) is 0 Å². The molecule has 2 aliphatic heterocycles. The Kier molecular flexibility index (Phi) is 5.72. The number of hydrogen-bond donors (Lipinski definition) is 0. The molecule has 1 aromatic rings. The molecule has 2 heterocycles. The van der Waals surface area contributed by atoms with Gasteiger partial charge in [0.1, 0.15) is 0 Å². The molecule has 152 valence electrons. The fraction of sp³-hybridized carbons (Fsp3) is 0.652. The summed E-state index contributed by atoms with van der Waals surface area (Å²) in [6.07, 6.45) is 5.08. The van der Waals surface area contributed by atoms with Gasteiger partial charge in [-0.2, -0.15) is 0 Å². The van der Waals surface area contributed by atoms with Crippen LogP contribution in [0.2, 0.25) is 0 Å². The average Bonchev–Trinajstić information content (AvgIpc) is 2.85. The minimum absolute atomic E-state index is 0.0193. The van der Waals surface area contributed by atoms with Crippen molar-refractivity contribution in [3.05, 3.63) is 35.4 Å². The predicted octanol–water partition coefficient (Wildman–Crippen LogP) is 2.97. The summed E-state index contributed by atoms with van der Waals surface area (Å²) in [5.41, 5.74) is 1.96. The second-order valence-corrected chi connectivity index (χ2v) is 8.98. The van der Waals surface area contributed by atoms with Crippen LogP contribution >= 0.6 is 0 Å². The summed E-state index contributed by atoms with van der Waals surface area (Å²) >= 11 is 0. The molecule has 2 amide bonds. The van der Waals surface area contributed by atoms with Crippen molar-refractivity contribution in [2.45, 2.75) is 51.5 Å². The van der Waals surface area contributed by atoms with E-state index < -0.39 is 0 Å². The summed E-state index contributed by atoms with van der Waals surface area (Å²) in [6, 6.07) is 8.65. The number of nitrogens with zero attached hydrogens (tertiary/aromatic N) is 3. The number of carbonyl (C=O) groups excluding carboxylic acids is 2. The van der Waals surface area contributed by atoms with Gasteiger partial charge in [-0.05, 0) is 42.9 Å². The molecule has 28 heavy (non-hydrogen) atoms. The molecule has 0 N–H and O–H groups in total. The van der Waals surface area contributed by atoms with E-state index in [0.29, 0.717) is 19.0 Å². The standard InChI is InChI=1S/C23H33N3O2/c1-17(2)18-7-9-19(10-8-18)22(27)26-15-20(16-26)23(28)25-12-4-11-24(13-14-25)21-5-3-6-21/h7-10,17,20-21H,3-6,11-16H2,1-2H3. The molecule has 1 aliphatic carbocycles. The Hall–Kier alpha value is -1.88. The minimum atomic E-state index is -0.0193. The van der Waals surface area contributed by atoms with Gasteiger partial charge < -0.3 is 9.80 Å². The molecule has 0 spiro atoms. The first-order chi connectivity index (χ1) is 13.5. The fourth-order valence-corrected chi connectivity index (χ4v) is 4.53. The molecule has 4 rings (SSSR count). The van der Waals surface area contributed by atoms with Crippen LogP contribution in [0.1, 0.15) is 61.4 Å². The van der Waals surface area contributed by atoms with Gasteiger partial charge in [0.05, 0.1) is 5.92 Å². The summed E-state index contributed by atoms with van der Waals surface area (Å²) in [7, 11) is 0. The molecular weight excluding hydrogens is 350 g/mol. The van der Waals surface area contributed by atoms with Crippen LogP contribution in [-0.4, -0.2) is 71.8 Å². The van der Waals surface area contributed by atoms with Crippen molar-refractivity contribution in [1.82, 2.24) is 14.7 Å². The lowest BCUT2D eigenvalue weighted by Crippen LogP contribution is -2.56. The van der Waals surface area contributed by atoms with E-state index >= 15 is 0 Å². The highest BCUT2D eigenvalue weighted by Gasteiger charge is 2.39. The van der Waals surface area contributed by atoms with Crippen LogP contribution in [-0.2, 0) is 4.79 Å². The molecule has 0 unspecified atom stereocenters. The molecular formula is C23H33N3O2. The van der Waals surface area contributed by atoms with Crippen LogP contribution in [0.3, 0.4) is 0 Å². The summed E-state index contributed by atoms with van der Waals surface area (Å²) < 4.78 is 0. The highest BCUT2D eigenvalue weighted by atomic mass is 16.2. The number of benzene rings is 1. The molecule has 3 aliphatic rings. The van der Waals surface area contributed by atoms with Crippen molar-refractivity contribution in [3.63, 3.8) is 0 Å². The third-order valence-corrected chi connectivity index (χ3v) is 6.78. The second-order valence-electron chi connectivity index (χ2n) is 8.98. The number of amides is 2. The normalized spacial score (nSPS) is 22.0. The molecule has 1 saturated carbocycles. The van der Waals surface area contributed by atoms with Crippen molar-refractivity contribution in [2.75, 3.05) is 39.3 Å². The Morgan fingerprint density at radius 2 is 1.61 bits per heavy atom. The van der Waals surface area contributed by atoms with Crippen LogP contribution in [0.15, 0.2) is 24.3 Å². The molecule has 3 fully saturated rings. The number of hydrogen-bond acceptors (Lipinski definition) is 3. The maximum Gasteiger partial charge on any atom is 0.253 e. The van der Waals surface area contributed by atoms with Gasteiger partial charge in [-0.25, -0.2) is 0 Å². The van der Waals surface area contributed by atoms with Crippen molar-refractivity contribution in [1.29, 1.82) is 0 Å². The Balaban J connectivity index is 1.27. The van der Waals surface area contributed by atoms with Crippen molar-refractivity contribution >= 4 is 11.8 Å². The van der Waals surface area contributed by atoms with E-state index in [2.05, 4.69) is 18.7 Å². The summed E-state index contributed by atoms with van der Waals surface area (Å²) in [5, 5.41) is 0. The van der Waals surface area contributed by atoms with Crippen LogP contribution in [0.5, 0.6) is 0 Å². The summed E-state index contributed by atoms with van der Waals surface area (Å²) in [6.45, 7) is 9.26. The highest BCUT2D eigenvalue weighted by Crippen LogP contribution is 2.27. The third kappa shape index (κ3) is 3.95. The van der Waals surface area contributed by atoms with Gasteiger partial charge in [0.25, 0.3) is 5.91 Å². The van der Waals surface area contributed by atoms with Crippen molar-refractivity contribution < 1.29 is 9.59 Å². The average molecular weight is 384 g/mol. The molecule has 5 heteroatoms. The van der Waals surface area contributed by atoms with Gasteiger partial charge >= 0.3 is 0 Å². The van der Waals surface area contributed by atoms with Crippen LogP contribution in [0.4, 0.5) is 0 Å². The Morgan fingerprint density at radius 3 is 2.21 bits per heavy atom. The highest BCUT2D eigenvalue weighted by molar-refractivity contribution is 5.96. The fourth-order valence-electron chi connectivity index (χ4n) is 4.53.